The second-order valence-corrected chi connectivity index (χ2v) is 16.3. The molecule has 0 aromatic carbocycles. The summed E-state index contributed by atoms with van der Waals surface area (Å²) in [5, 5.41) is 16.0. The molecule has 1 rings (SSSR count). The lowest BCUT2D eigenvalue weighted by molar-refractivity contribution is -0.121. The highest BCUT2D eigenvalue weighted by Gasteiger charge is 2.25. The Kier molecular flexibility index (Phi) is 9.97. The Hall–Kier alpha value is -1.08. The van der Waals surface area contributed by atoms with Crippen LogP contribution in [-0.2, 0) is 4.79 Å². The van der Waals surface area contributed by atoms with Gasteiger partial charge in [0.25, 0.3) is 0 Å². The van der Waals surface area contributed by atoms with Crippen molar-refractivity contribution in [3.63, 3.8) is 0 Å². The standard InChI is InChI=1S/C21H43N3O3Si/c1-21(2,3)23-19(25)15-22-18(14-17-10-8-7-9-11-17)16-24(20(26)27)12-13-28(4,5)6/h17-18,22H,7-16H2,1-6H3,(H,23,25)(H,26,27)/t18-/m1/s1. The Bertz CT molecular complexity index is 494. The number of amides is 2. The molecule has 0 aromatic rings. The van der Waals surface area contributed by atoms with Gasteiger partial charge in [0.15, 0.2) is 0 Å². The lowest BCUT2D eigenvalue weighted by atomic mass is 9.84. The maximum absolute atomic E-state index is 12.2. The Morgan fingerprint density at radius 1 is 1.14 bits per heavy atom. The van der Waals surface area contributed by atoms with Crippen LogP contribution >= 0.6 is 0 Å². The van der Waals surface area contributed by atoms with Crippen LogP contribution < -0.4 is 10.6 Å². The summed E-state index contributed by atoms with van der Waals surface area (Å²) in [6.45, 7) is 14.0. The van der Waals surface area contributed by atoms with E-state index in [0.717, 1.165) is 12.5 Å². The average Bonchev–Trinajstić information content (AvgIpc) is 2.54. The molecule has 0 bridgehead atoms. The predicted molar refractivity (Wildman–Crippen MR) is 119 cm³/mol. The van der Waals surface area contributed by atoms with Crippen molar-refractivity contribution in [2.75, 3.05) is 19.6 Å². The highest BCUT2D eigenvalue weighted by Crippen LogP contribution is 2.27. The molecular formula is C21H43N3O3Si. The minimum Gasteiger partial charge on any atom is -0.465 e. The molecule has 0 heterocycles. The van der Waals surface area contributed by atoms with E-state index in [1.165, 1.54) is 32.1 Å². The van der Waals surface area contributed by atoms with Gasteiger partial charge in [-0.2, -0.15) is 0 Å². The summed E-state index contributed by atoms with van der Waals surface area (Å²) in [5.74, 6) is 0.592. The normalized spacial score (nSPS) is 17.2. The van der Waals surface area contributed by atoms with E-state index >= 15 is 0 Å². The summed E-state index contributed by atoms with van der Waals surface area (Å²) in [7, 11) is -1.31. The number of carbonyl (C=O) groups is 2. The van der Waals surface area contributed by atoms with E-state index < -0.39 is 14.2 Å². The molecule has 0 saturated heterocycles. The van der Waals surface area contributed by atoms with E-state index in [1.54, 1.807) is 4.90 Å². The Morgan fingerprint density at radius 3 is 2.25 bits per heavy atom. The molecule has 1 saturated carbocycles. The van der Waals surface area contributed by atoms with Gasteiger partial charge in [-0.3, -0.25) is 4.79 Å². The molecule has 1 aliphatic rings. The van der Waals surface area contributed by atoms with Crippen LogP contribution in [-0.4, -0.2) is 61.3 Å². The van der Waals surface area contributed by atoms with Crippen LogP contribution in [0.25, 0.3) is 0 Å². The maximum Gasteiger partial charge on any atom is 0.407 e. The summed E-state index contributed by atoms with van der Waals surface area (Å²) in [4.78, 5) is 25.6. The molecule has 3 N–H and O–H groups in total. The van der Waals surface area contributed by atoms with Crippen molar-refractivity contribution < 1.29 is 14.7 Å². The minimum atomic E-state index is -1.31. The quantitative estimate of drug-likeness (QED) is 0.470. The van der Waals surface area contributed by atoms with Crippen LogP contribution in [0.2, 0.25) is 25.7 Å². The summed E-state index contributed by atoms with van der Waals surface area (Å²) >= 11 is 0. The number of carbonyl (C=O) groups excluding carboxylic acids is 1. The van der Waals surface area contributed by atoms with E-state index in [1.807, 2.05) is 20.8 Å². The number of carboxylic acid groups (broad SMARTS) is 1. The third-order valence-electron chi connectivity index (χ3n) is 5.25. The second-order valence-electron chi connectivity index (χ2n) is 10.7. The highest BCUT2D eigenvalue weighted by molar-refractivity contribution is 6.76. The van der Waals surface area contributed by atoms with E-state index in [9.17, 15) is 14.7 Å². The van der Waals surface area contributed by atoms with Gasteiger partial charge in [-0.1, -0.05) is 51.7 Å². The first-order valence-electron chi connectivity index (χ1n) is 10.9. The fourth-order valence-electron chi connectivity index (χ4n) is 3.75. The smallest absolute Gasteiger partial charge is 0.407 e. The van der Waals surface area contributed by atoms with Crippen molar-refractivity contribution in [1.29, 1.82) is 0 Å². The van der Waals surface area contributed by atoms with Crippen LogP contribution in [0.1, 0.15) is 59.3 Å². The van der Waals surface area contributed by atoms with Gasteiger partial charge in [0, 0.05) is 32.7 Å². The first-order chi connectivity index (χ1) is 12.9. The van der Waals surface area contributed by atoms with Crippen molar-refractivity contribution in [3.05, 3.63) is 0 Å². The monoisotopic (exact) mass is 413 g/mol. The van der Waals surface area contributed by atoms with E-state index in [2.05, 4.69) is 30.3 Å². The van der Waals surface area contributed by atoms with Gasteiger partial charge in [0.2, 0.25) is 5.91 Å². The lowest BCUT2D eigenvalue weighted by Crippen LogP contribution is -2.50. The van der Waals surface area contributed by atoms with Crippen molar-refractivity contribution in [2.24, 2.45) is 5.92 Å². The zero-order chi connectivity index (χ0) is 21.4. The van der Waals surface area contributed by atoms with E-state index in [4.69, 9.17) is 0 Å². The number of rotatable bonds is 10. The van der Waals surface area contributed by atoms with Gasteiger partial charge in [-0.25, -0.2) is 4.79 Å². The van der Waals surface area contributed by atoms with Gasteiger partial charge >= 0.3 is 6.09 Å². The van der Waals surface area contributed by atoms with Gasteiger partial charge in [0.1, 0.15) is 0 Å². The molecular weight excluding hydrogens is 370 g/mol. The fourth-order valence-corrected chi connectivity index (χ4v) is 4.69. The topological polar surface area (TPSA) is 81.7 Å². The summed E-state index contributed by atoms with van der Waals surface area (Å²) in [6, 6.07) is 0.978. The number of nitrogens with zero attached hydrogens (tertiary/aromatic N) is 1. The van der Waals surface area contributed by atoms with Gasteiger partial charge in [0.05, 0.1) is 6.54 Å². The molecule has 7 heteroatoms. The molecule has 0 spiro atoms. The highest BCUT2D eigenvalue weighted by atomic mass is 28.3. The molecule has 1 atom stereocenters. The van der Waals surface area contributed by atoms with Gasteiger partial charge in [-0.15, -0.1) is 0 Å². The average molecular weight is 414 g/mol. The first-order valence-corrected chi connectivity index (χ1v) is 14.6. The van der Waals surface area contributed by atoms with Crippen molar-refractivity contribution >= 4 is 20.1 Å². The zero-order valence-electron chi connectivity index (χ0n) is 18.9. The Balaban J connectivity index is 2.70. The Labute approximate surface area is 172 Å². The van der Waals surface area contributed by atoms with Crippen molar-refractivity contribution in [2.45, 2.75) is 96.6 Å². The number of hydrogen-bond donors (Lipinski definition) is 3. The largest absolute Gasteiger partial charge is 0.465 e. The molecule has 0 aliphatic heterocycles. The minimum absolute atomic E-state index is 0.0200. The molecule has 6 nitrogen and oxygen atoms in total. The molecule has 164 valence electrons. The molecule has 0 aromatic heterocycles. The molecule has 1 aliphatic carbocycles. The summed E-state index contributed by atoms with van der Waals surface area (Å²) in [5.41, 5.74) is -0.262. The van der Waals surface area contributed by atoms with Crippen LogP contribution in [0, 0.1) is 5.92 Å². The first kappa shape index (κ1) is 25.0. The third kappa shape index (κ3) is 11.7. The third-order valence-corrected chi connectivity index (χ3v) is 6.97. The van der Waals surface area contributed by atoms with Crippen LogP contribution in [0.4, 0.5) is 4.79 Å². The molecule has 2 amide bonds. The fraction of sp³-hybridized carbons (Fsp3) is 0.905. The maximum atomic E-state index is 12.2. The molecule has 1 fully saturated rings. The molecule has 0 radical (unpaired) electrons. The summed E-state index contributed by atoms with van der Waals surface area (Å²) in [6.07, 6.45) is 6.36. The SMILES string of the molecule is CC(C)(C)NC(=O)CN[C@H](CC1CCCCC1)CN(CC[Si](C)(C)C)C(=O)O. The van der Waals surface area contributed by atoms with Crippen LogP contribution in [0.5, 0.6) is 0 Å². The van der Waals surface area contributed by atoms with Crippen molar-refractivity contribution in [3.8, 4) is 0 Å². The Morgan fingerprint density at radius 2 is 1.75 bits per heavy atom. The van der Waals surface area contributed by atoms with Crippen LogP contribution in [0.3, 0.4) is 0 Å². The molecule has 0 unspecified atom stereocenters. The number of nitrogens with one attached hydrogen (secondary N) is 2. The van der Waals surface area contributed by atoms with E-state index in [0.29, 0.717) is 19.0 Å². The predicted octanol–water partition coefficient (Wildman–Crippen LogP) is 4.15. The van der Waals surface area contributed by atoms with Gasteiger partial charge < -0.3 is 20.6 Å². The summed E-state index contributed by atoms with van der Waals surface area (Å²) < 4.78 is 0. The van der Waals surface area contributed by atoms with Crippen molar-refractivity contribution in [1.82, 2.24) is 15.5 Å². The number of hydrogen-bond acceptors (Lipinski definition) is 3. The lowest BCUT2D eigenvalue weighted by Gasteiger charge is -2.32. The molecule has 28 heavy (non-hydrogen) atoms. The van der Waals surface area contributed by atoms with Gasteiger partial charge in [-0.05, 0) is 39.2 Å². The van der Waals surface area contributed by atoms with E-state index in [-0.39, 0.29) is 24.0 Å². The zero-order valence-corrected chi connectivity index (χ0v) is 19.9. The van der Waals surface area contributed by atoms with Crippen LogP contribution in [0.15, 0.2) is 0 Å². The second kappa shape index (κ2) is 11.2.